The van der Waals surface area contributed by atoms with E-state index in [0.717, 1.165) is 12.0 Å². The first-order valence-corrected chi connectivity index (χ1v) is 9.36. The molecule has 0 saturated carbocycles. The first-order chi connectivity index (χ1) is 14.0. The third-order valence-electron chi connectivity index (χ3n) is 4.70. The highest BCUT2D eigenvalue weighted by molar-refractivity contribution is 5.98. The van der Waals surface area contributed by atoms with Crippen molar-refractivity contribution in [1.82, 2.24) is 10.6 Å². The average molecular weight is 396 g/mol. The zero-order valence-corrected chi connectivity index (χ0v) is 16.5. The van der Waals surface area contributed by atoms with Gasteiger partial charge in [-0.2, -0.15) is 0 Å². The Morgan fingerprint density at radius 1 is 1.14 bits per heavy atom. The number of amides is 4. The molecule has 2 aromatic carbocycles. The predicted octanol–water partition coefficient (Wildman–Crippen LogP) is 2.50. The minimum Gasteiger partial charge on any atom is -0.494 e. The molecule has 0 bridgehead atoms. The lowest BCUT2D eigenvalue weighted by Gasteiger charge is -2.19. The van der Waals surface area contributed by atoms with Crippen LogP contribution in [0.3, 0.4) is 0 Å². The summed E-state index contributed by atoms with van der Waals surface area (Å²) in [5.41, 5.74) is 2.69. The molecule has 29 heavy (non-hydrogen) atoms. The molecule has 0 radical (unpaired) electrons. The summed E-state index contributed by atoms with van der Waals surface area (Å²) in [5, 5.41) is 8.09. The molecule has 0 unspecified atom stereocenters. The fourth-order valence-electron chi connectivity index (χ4n) is 3.16. The monoisotopic (exact) mass is 396 g/mol. The van der Waals surface area contributed by atoms with Gasteiger partial charge in [-0.25, -0.2) is 4.79 Å². The third-order valence-corrected chi connectivity index (χ3v) is 4.70. The van der Waals surface area contributed by atoms with Crippen LogP contribution in [0, 0.1) is 0 Å². The standard InChI is InChI=1S/C21H24N4O4/c1-22-20(27)15-7-5-14(6-8-15)13-23-21(28)24-16-9-10-17(18(12-16)29-2)25-11-3-4-19(25)26/h5-10,12H,3-4,11,13H2,1-2H3,(H,22,27)(H2,23,24,28). The van der Waals surface area contributed by atoms with Crippen molar-refractivity contribution in [2.24, 2.45) is 0 Å². The van der Waals surface area contributed by atoms with Gasteiger partial charge in [-0.1, -0.05) is 12.1 Å². The molecule has 8 heteroatoms. The van der Waals surface area contributed by atoms with E-state index in [0.29, 0.717) is 42.2 Å². The van der Waals surface area contributed by atoms with Crippen LogP contribution >= 0.6 is 0 Å². The van der Waals surface area contributed by atoms with E-state index in [2.05, 4.69) is 16.0 Å². The molecule has 0 aromatic heterocycles. The average Bonchev–Trinajstić information content (AvgIpc) is 3.17. The van der Waals surface area contributed by atoms with Gasteiger partial charge in [0.25, 0.3) is 5.91 Å². The Hall–Kier alpha value is -3.55. The number of nitrogens with one attached hydrogen (secondary N) is 3. The van der Waals surface area contributed by atoms with Crippen LogP contribution in [0.15, 0.2) is 42.5 Å². The summed E-state index contributed by atoms with van der Waals surface area (Å²) in [6, 6.07) is 11.8. The largest absolute Gasteiger partial charge is 0.494 e. The molecule has 152 valence electrons. The Labute approximate surface area is 169 Å². The van der Waals surface area contributed by atoms with Crippen molar-refractivity contribution >= 4 is 29.2 Å². The normalized spacial score (nSPS) is 13.2. The van der Waals surface area contributed by atoms with E-state index in [1.54, 1.807) is 54.4 Å². The molecule has 1 aliphatic rings. The van der Waals surface area contributed by atoms with Crippen molar-refractivity contribution in [1.29, 1.82) is 0 Å². The number of rotatable bonds is 6. The zero-order valence-electron chi connectivity index (χ0n) is 16.5. The van der Waals surface area contributed by atoms with Crippen molar-refractivity contribution < 1.29 is 19.1 Å². The van der Waals surface area contributed by atoms with Gasteiger partial charge in [0.2, 0.25) is 5.91 Å². The van der Waals surface area contributed by atoms with Crippen molar-refractivity contribution in [2.45, 2.75) is 19.4 Å². The molecule has 3 N–H and O–H groups in total. The van der Waals surface area contributed by atoms with E-state index in [4.69, 9.17) is 4.74 Å². The first kappa shape index (κ1) is 20.2. The lowest BCUT2D eigenvalue weighted by atomic mass is 10.1. The number of carbonyl (C=O) groups excluding carboxylic acids is 3. The van der Waals surface area contributed by atoms with Crippen LogP contribution in [-0.2, 0) is 11.3 Å². The van der Waals surface area contributed by atoms with Crippen LogP contribution in [0.4, 0.5) is 16.2 Å². The summed E-state index contributed by atoms with van der Waals surface area (Å²) in [6.07, 6.45) is 1.37. The molecule has 1 heterocycles. The number of hydrogen-bond donors (Lipinski definition) is 3. The second-order valence-electron chi connectivity index (χ2n) is 6.62. The SMILES string of the molecule is CNC(=O)c1ccc(CNC(=O)Nc2ccc(N3CCCC3=O)c(OC)c2)cc1. The van der Waals surface area contributed by atoms with Gasteiger partial charge in [0.15, 0.2) is 0 Å². The summed E-state index contributed by atoms with van der Waals surface area (Å²) >= 11 is 0. The molecule has 4 amide bonds. The van der Waals surface area contributed by atoms with Gasteiger partial charge in [-0.15, -0.1) is 0 Å². The molecule has 3 rings (SSSR count). The van der Waals surface area contributed by atoms with Crippen LogP contribution < -0.4 is 25.6 Å². The second-order valence-corrected chi connectivity index (χ2v) is 6.62. The summed E-state index contributed by atoms with van der Waals surface area (Å²) < 4.78 is 5.40. The van der Waals surface area contributed by atoms with Gasteiger partial charge < -0.3 is 25.6 Å². The lowest BCUT2D eigenvalue weighted by Crippen LogP contribution is -2.28. The molecular formula is C21H24N4O4. The predicted molar refractivity (Wildman–Crippen MR) is 110 cm³/mol. The molecule has 1 saturated heterocycles. The number of benzene rings is 2. The van der Waals surface area contributed by atoms with Crippen molar-refractivity contribution in [3.63, 3.8) is 0 Å². The van der Waals surface area contributed by atoms with Crippen LogP contribution in [0.5, 0.6) is 5.75 Å². The van der Waals surface area contributed by atoms with Gasteiger partial charge in [0, 0.05) is 43.9 Å². The fraction of sp³-hybridized carbons (Fsp3) is 0.286. The van der Waals surface area contributed by atoms with Crippen LogP contribution in [0.2, 0.25) is 0 Å². The minimum absolute atomic E-state index is 0.0733. The maximum absolute atomic E-state index is 12.2. The first-order valence-electron chi connectivity index (χ1n) is 9.36. The smallest absolute Gasteiger partial charge is 0.319 e. The van der Waals surface area contributed by atoms with Crippen molar-refractivity contribution in [3.05, 3.63) is 53.6 Å². The Bertz CT molecular complexity index is 911. The van der Waals surface area contributed by atoms with Crippen molar-refractivity contribution in [2.75, 3.05) is 30.9 Å². The number of carbonyl (C=O) groups is 3. The van der Waals surface area contributed by atoms with Crippen molar-refractivity contribution in [3.8, 4) is 5.75 Å². The molecule has 2 aromatic rings. The Morgan fingerprint density at radius 2 is 1.90 bits per heavy atom. The summed E-state index contributed by atoms with van der Waals surface area (Å²) in [6.45, 7) is 0.985. The summed E-state index contributed by atoms with van der Waals surface area (Å²) in [4.78, 5) is 37.4. The van der Waals surface area contributed by atoms with Gasteiger partial charge >= 0.3 is 6.03 Å². The molecule has 0 spiro atoms. The number of anilines is 2. The third kappa shape index (κ3) is 4.84. The Kier molecular flexibility index (Phi) is 6.33. The van der Waals surface area contributed by atoms with Crippen LogP contribution in [0.1, 0.15) is 28.8 Å². The van der Waals surface area contributed by atoms with Crippen LogP contribution in [-0.4, -0.2) is 38.5 Å². The van der Waals surface area contributed by atoms with Gasteiger partial charge in [0.1, 0.15) is 5.75 Å². The van der Waals surface area contributed by atoms with E-state index in [1.165, 1.54) is 7.11 Å². The maximum atomic E-state index is 12.2. The topological polar surface area (TPSA) is 99.8 Å². The van der Waals surface area contributed by atoms with Gasteiger partial charge in [-0.3, -0.25) is 9.59 Å². The molecule has 1 fully saturated rings. The number of methoxy groups -OCH3 is 1. The highest BCUT2D eigenvalue weighted by atomic mass is 16.5. The Morgan fingerprint density at radius 3 is 2.52 bits per heavy atom. The minimum atomic E-state index is -0.368. The Balaban J connectivity index is 1.59. The number of nitrogens with zero attached hydrogens (tertiary/aromatic N) is 1. The van der Waals surface area contributed by atoms with E-state index < -0.39 is 0 Å². The van der Waals surface area contributed by atoms with Gasteiger partial charge in [-0.05, 0) is 36.2 Å². The quantitative estimate of drug-likeness (QED) is 0.698. The number of urea groups is 1. The summed E-state index contributed by atoms with van der Waals surface area (Å²) in [5.74, 6) is 0.447. The fourth-order valence-corrected chi connectivity index (χ4v) is 3.16. The molecule has 8 nitrogen and oxygen atoms in total. The van der Waals surface area contributed by atoms with E-state index in [1.807, 2.05) is 0 Å². The second kappa shape index (κ2) is 9.09. The van der Waals surface area contributed by atoms with E-state index >= 15 is 0 Å². The molecule has 0 atom stereocenters. The number of ether oxygens (including phenoxy) is 1. The highest BCUT2D eigenvalue weighted by Gasteiger charge is 2.24. The van der Waals surface area contributed by atoms with Crippen LogP contribution in [0.25, 0.3) is 0 Å². The summed E-state index contributed by atoms with van der Waals surface area (Å²) in [7, 11) is 3.11. The number of hydrogen-bond acceptors (Lipinski definition) is 4. The molecule has 1 aliphatic heterocycles. The highest BCUT2D eigenvalue weighted by Crippen LogP contribution is 2.33. The molecular weight excluding hydrogens is 372 g/mol. The molecule has 0 aliphatic carbocycles. The maximum Gasteiger partial charge on any atom is 0.319 e. The zero-order chi connectivity index (χ0) is 20.8. The van der Waals surface area contributed by atoms with Gasteiger partial charge in [0.05, 0.1) is 12.8 Å². The van der Waals surface area contributed by atoms with E-state index in [9.17, 15) is 14.4 Å². The van der Waals surface area contributed by atoms with E-state index in [-0.39, 0.29) is 17.8 Å². The lowest BCUT2D eigenvalue weighted by molar-refractivity contribution is -0.117.